The number of ether oxygens (including phenoxy) is 1. The van der Waals surface area contributed by atoms with E-state index in [1.807, 2.05) is 31.6 Å². The van der Waals surface area contributed by atoms with E-state index < -0.39 is 5.60 Å². The lowest BCUT2D eigenvalue weighted by Gasteiger charge is -2.44. The van der Waals surface area contributed by atoms with Crippen LogP contribution in [0.4, 0.5) is 5.82 Å². The number of nitrogens with one attached hydrogen (secondary N) is 1. The minimum atomic E-state index is -0.587. The van der Waals surface area contributed by atoms with Crippen LogP contribution in [-0.4, -0.2) is 74.4 Å². The van der Waals surface area contributed by atoms with Gasteiger partial charge in [-0.15, -0.1) is 11.3 Å². The quantitative estimate of drug-likeness (QED) is 0.494. The first-order valence-corrected chi connectivity index (χ1v) is 11.9. The summed E-state index contributed by atoms with van der Waals surface area (Å²) in [5.74, 6) is 1.67. The maximum absolute atomic E-state index is 10.1. The van der Waals surface area contributed by atoms with Crippen LogP contribution in [0.1, 0.15) is 19.4 Å². The standard InChI is InChI=1S/C23H26N6O2S/c1-14-10-31-6-5-29(14)22-20-19(15(11-32-20)9-28-12-23(2,30)13-28)26-21(27-22)17-7-24-8-18-16(17)3-4-25-18/h3-4,7-8,11,14,25,30H,5-6,9-10,12-13H2,1-2H3/t14-/m1/s1. The molecule has 2 saturated heterocycles. The molecule has 6 rings (SSSR count). The van der Waals surface area contributed by atoms with Gasteiger partial charge in [0.25, 0.3) is 0 Å². The molecule has 4 aromatic heterocycles. The van der Waals surface area contributed by atoms with Crippen molar-refractivity contribution in [1.82, 2.24) is 24.8 Å². The van der Waals surface area contributed by atoms with Crippen molar-refractivity contribution >= 4 is 38.3 Å². The number of hydrogen-bond acceptors (Lipinski definition) is 8. The Labute approximate surface area is 189 Å². The molecule has 4 aromatic rings. The number of anilines is 1. The zero-order valence-corrected chi connectivity index (χ0v) is 19.0. The second-order valence-corrected chi connectivity index (χ2v) is 10.1. The maximum Gasteiger partial charge on any atom is 0.164 e. The molecule has 32 heavy (non-hydrogen) atoms. The van der Waals surface area contributed by atoms with Gasteiger partial charge in [0, 0.05) is 55.1 Å². The third-order valence-corrected chi connectivity index (χ3v) is 7.36. The highest BCUT2D eigenvalue weighted by Crippen LogP contribution is 2.37. The number of aromatic nitrogens is 4. The molecule has 2 fully saturated rings. The minimum Gasteiger partial charge on any atom is -0.388 e. The number of nitrogens with zero attached hydrogens (tertiary/aromatic N) is 5. The van der Waals surface area contributed by atoms with Crippen LogP contribution in [-0.2, 0) is 11.3 Å². The van der Waals surface area contributed by atoms with E-state index in [1.54, 1.807) is 11.3 Å². The third kappa shape index (κ3) is 3.36. The van der Waals surface area contributed by atoms with Crippen LogP contribution in [0.2, 0.25) is 0 Å². The van der Waals surface area contributed by atoms with Gasteiger partial charge in [0.1, 0.15) is 0 Å². The topological polar surface area (TPSA) is 90.4 Å². The lowest BCUT2D eigenvalue weighted by atomic mass is 9.96. The van der Waals surface area contributed by atoms with Crippen molar-refractivity contribution in [3.63, 3.8) is 0 Å². The normalized spacial score (nSPS) is 21.3. The fourth-order valence-electron chi connectivity index (χ4n) is 4.85. The molecule has 0 radical (unpaired) electrons. The maximum atomic E-state index is 10.1. The largest absolute Gasteiger partial charge is 0.388 e. The molecule has 2 aliphatic heterocycles. The van der Waals surface area contributed by atoms with E-state index >= 15 is 0 Å². The number of pyridine rings is 1. The highest BCUT2D eigenvalue weighted by molar-refractivity contribution is 7.18. The molecule has 0 spiro atoms. The summed E-state index contributed by atoms with van der Waals surface area (Å²) in [7, 11) is 0. The second-order valence-electron chi connectivity index (χ2n) is 9.19. The van der Waals surface area contributed by atoms with Gasteiger partial charge in [-0.05, 0) is 25.3 Å². The van der Waals surface area contributed by atoms with E-state index in [2.05, 4.69) is 32.1 Å². The number of morpholine rings is 1. The summed E-state index contributed by atoms with van der Waals surface area (Å²) in [6.07, 6.45) is 5.60. The Morgan fingerprint density at radius 2 is 2.19 bits per heavy atom. The molecule has 0 aromatic carbocycles. The van der Waals surface area contributed by atoms with Crippen LogP contribution < -0.4 is 4.90 Å². The van der Waals surface area contributed by atoms with Crippen molar-refractivity contribution in [2.45, 2.75) is 32.0 Å². The molecule has 0 aliphatic carbocycles. The van der Waals surface area contributed by atoms with Crippen LogP contribution in [0.3, 0.4) is 0 Å². The molecule has 8 nitrogen and oxygen atoms in total. The summed E-state index contributed by atoms with van der Waals surface area (Å²) in [6, 6.07) is 2.29. The van der Waals surface area contributed by atoms with E-state index in [1.165, 1.54) is 5.56 Å². The molecule has 9 heteroatoms. The fraction of sp³-hybridized carbons (Fsp3) is 0.435. The molecule has 2 aliphatic rings. The zero-order chi connectivity index (χ0) is 21.9. The molecular formula is C23H26N6O2S. The van der Waals surface area contributed by atoms with Crippen molar-refractivity contribution in [2.24, 2.45) is 0 Å². The van der Waals surface area contributed by atoms with Gasteiger partial charge in [-0.3, -0.25) is 9.88 Å². The highest BCUT2D eigenvalue weighted by atomic mass is 32.1. The Balaban J connectivity index is 1.50. The molecule has 2 N–H and O–H groups in total. The highest BCUT2D eigenvalue weighted by Gasteiger charge is 2.36. The Kier molecular flexibility index (Phi) is 4.69. The van der Waals surface area contributed by atoms with Gasteiger partial charge in [0.15, 0.2) is 11.6 Å². The van der Waals surface area contributed by atoms with Crippen molar-refractivity contribution in [3.8, 4) is 11.4 Å². The van der Waals surface area contributed by atoms with Gasteiger partial charge >= 0.3 is 0 Å². The summed E-state index contributed by atoms with van der Waals surface area (Å²) in [5, 5.41) is 13.4. The molecule has 0 bridgehead atoms. The van der Waals surface area contributed by atoms with E-state index in [0.29, 0.717) is 32.1 Å². The molecule has 0 amide bonds. The van der Waals surface area contributed by atoms with Crippen LogP contribution in [0.25, 0.3) is 32.5 Å². The van der Waals surface area contributed by atoms with Crippen molar-refractivity contribution < 1.29 is 9.84 Å². The average molecular weight is 451 g/mol. The summed E-state index contributed by atoms with van der Waals surface area (Å²) < 4.78 is 6.79. The summed E-state index contributed by atoms with van der Waals surface area (Å²) in [5.41, 5.74) is 3.49. The SMILES string of the molecule is C[C@@H]1COCCN1c1nc(-c2cncc3[nH]ccc23)nc2c(CN3CC(C)(O)C3)csc12. The van der Waals surface area contributed by atoms with Gasteiger partial charge < -0.3 is 19.7 Å². The van der Waals surface area contributed by atoms with Crippen LogP contribution in [0.15, 0.2) is 30.0 Å². The fourth-order valence-corrected chi connectivity index (χ4v) is 5.85. The lowest BCUT2D eigenvalue weighted by molar-refractivity contribution is -0.0869. The van der Waals surface area contributed by atoms with Gasteiger partial charge in [0.05, 0.1) is 46.8 Å². The Morgan fingerprint density at radius 3 is 3.00 bits per heavy atom. The molecule has 1 atom stereocenters. The van der Waals surface area contributed by atoms with E-state index in [9.17, 15) is 5.11 Å². The molecule has 6 heterocycles. The number of likely N-dealkylation sites (tertiary alicyclic amines) is 1. The Bertz CT molecular complexity index is 1290. The summed E-state index contributed by atoms with van der Waals surface area (Å²) in [6.45, 7) is 8.40. The number of rotatable bonds is 4. The van der Waals surface area contributed by atoms with Crippen LogP contribution >= 0.6 is 11.3 Å². The number of aliphatic hydroxyl groups is 1. The van der Waals surface area contributed by atoms with Gasteiger partial charge in [-0.25, -0.2) is 9.97 Å². The van der Waals surface area contributed by atoms with E-state index in [0.717, 1.165) is 45.6 Å². The average Bonchev–Trinajstić information content (AvgIpc) is 3.39. The lowest BCUT2D eigenvalue weighted by Crippen LogP contribution is -2.59. The van der Waals surface area contributed by atoms with Gasteiger partial charge in [0.2, 0.25) is 0 Å². The number of H-pyrrole nitrogens is 1. The minimum absolute atomic E-state index is 0.243. The molecule has 166 valence electrons. The molecule has 0 unspecified atom stereocenters. The number of β-amino-alcohol motifs (C(OH)–C–C–N with tert-alkyl or cyclic N) is 1. The molecular weight excluding hydrogens is 424 g/mol. The van der Waals surface area contributed by atoms with Gasteiger partial charge in [-0.2, -0.15) is 0 Å². The monoisotopic (exact) mass is 450 g/mol. The number of thiophene rings is 1. The molecule has 0 saturated carbocycles. The Morgan fingerprint density at radius 1 is 1.31 bits per heavy atom. The second kappa shape index (κ2) is 7.48. The predicted octanol–water partition coefficient (Wildman–Crippen LogP) is 3.03. The van der Waals surface area contributed by atoms with Crippen molar-refractivity contribution in [2.75, 3.05) is 37.7 Å². The van der Waals surface area contributed by atoms with Gasteiger partial charge in [-0.1, -0.05) is 0 Å². The van der Waals surface area contributed by atoms with Crippen LogP contribution in [0, 0.1) is 0 Å². The third-order valence-electron chi connectivity index (χ3n) is 6.35. The number of fused-ring (bicyclic) bond motifs is 2. The predicted molar refractivity (Wildman–Crippen MR) is 126 cm³/mol. The van der Waals surface area contributed by atoms with E-state index in [-0.39, 0.29) is 6.04 Å². The van der Waals surface area contributed by atoms with E-state index in [4.69, 9.17) is 14.7 Å². The first-order valence-electron chi connectivity index (χ1n) is 11.0. The van der Waals surface area contributed by atoms with Crippen molar-refractivity contribution in [3.05, 3.63) is 35.6 Å². The van der Waals surface area contributed by atoms with Crippen LogP contribution in [0.5, 0.6) is 0 Å². The summed E-state index contributed by atoms with van der Waals surface area (Å²) >= 11 is 1.70. The Hall–Kier alpha value is -2.59. The first-order chi connectivity index (χ1) is 15.5. The number of aromatic amines is 1. The zero-order valence-electron chi connectivity index (χ0n) is 18.2. The summed E-state index contributed by atoms with van der Waals surface area (Å²) in [4.78, 5) is 22.4. The number of hydrogen-bond donors (Lipinski definition) is 2. The smallest absolute Gasteiger partial charge is 0.164 e. The first kappa shape index (κ1) is 20.0. The van der Waals surface area contributed by atoms with Crippen molar-refractivity contribution in [1.29, 1.82) is 0 Å².